The van der Waals surface area contributed by atoms with Crippen LogP contribution in [0.3, 0.4) is 0 Å². The van der Waals surface area contributed by atoms with Crippen LogP contribution in [-0.4, -0.2) is 16.1 Å². The SMILES string of the molecule is Cc1cc(C#N)nc(OC(C)C)n1. The van der Waals surface area contributed by atoms with Crippen molar-refractivity contribution >= 4 is 0 Å². The van der Waals surface area contributed by atoms with Crippen LogP contribution >= 0.6 is 0 Å². The summed E-state index contributed by atoms with van der Waals surface area (Å²) >= 11 is 0. The molecule has 0 spiro atoms. The summed E-state index contributed by atoms with van der Waals surface area (Å²) < 4.78 is 5.26. The van der Waals surface area contributed by atoms with Crippen LogP contribution in [0.15, 0.2) is 6.07 Å². The normalized spacial score (nSPS) is 9.77. The second-order valence-electron chi connectivity index (χ2n) is 2.96. The zero-order valence-corrected chi connectivity index (χ0v) is 7.90. The first-order valence-electron chi connectivity index (χ1n) is 4.04. The van der Waals surface area contributed by atoms with Crippen LogP contribution in [0.2, 0.25) is 0 Å². The van der Waals surface area contributed by atoms with E-state index in [1.165, 1.54) is 0 Å². The summed E-state index contributed by atoms with van der Waals surface area (Å²) in [6, 6.07) is 3.84. The lowest BCUT2D eigenvalue weighted by molar-refractivity contribution is 0.221. The van der Waals surface area contributed by atoms with E-state index in [2.05, 4.69) is 9.97 Å². The molecule has 0 atom stereocenters. The minimum absolute atomic E-state index is 0.0216. The van der Waals surface area contributed by atoms with E-state index in [0.717, 1.165) is 5.69 Å². The third kappa shape index (κ3) is 2.71. The Kier molecular flexibility index (Phi) is 2.80. The van der Waals surface area contributed by atoms with E-state index in [4.69, 9.17) is 10.00 Å². The van der Waals surface area contributed by atoms with Crippen molar-refractivity contribution in [3.05, 3.63) is 17.5 Å². The van der Waals surface area contributed by atoms with E-state index in [-0.39, 0.29) is 12.1 Å². The molecule has 0 unspecified atom stereocenters. The Hall–Kier alpha value is -1.63. The molecule has 0 saturated carbocycles. The van der Waals surface area contributed by atoms with Gasteiger partial charge in [0.25, 0.3) is 0 Å². The highest BCUT2D eigenvalue weighted by molar-refractivity contribution is 5.23. The summed E-state index contributed by atoms with van der Waals surface area (Å²) in [5.41, 5.74) is 1.07. The van der Waals surface area contributed by atoms with E-state index in [0.29, 0.717) is 5.69 Å². The number of nitrogens with zero attached hydrogens (tertiary/aromatic N) is 3. The standard InChI is InChI=1S/C9H11N3O/c1-6(2)13-9-11-7(3)4-8(5-10)12-9/h4,6H,1-3H3. The summed E-state index contributed by atoms with van der Waals surface area (Å²) in [5.74, 6) is 0. The maximum atomic E-state index is 8.62. The summed E-state index contributed by atoms with van der Waals surface area (Å²) in [6.07, 6.45) is 0.0216. The second-order valence-corrected chi connectivity index (χ2v) is 2.96. The molecule has 0 radical (unpaired) electrons. The maximum absolute atomic E-state index is 8.62. The van der Waals surface area contributed by atoms with Gasteiger partial charge in [-0.2, -0.15) is 10.2 Å². The molecule has 0 bridgehead atoms. The number of aryl methyl sites for hydroxylation is 1. The van der Waals surface area contributed by atoms with Gasteiger partial charge in [0.1, 0.15) is 11.8 Å². The zero-order valence-electron chi connectivity index (χ0n) is 7.90. The molecule has 4 nitrogen and oxygen atoms in total. The molecule has 68 valence electrons. The maximum Gasteiger partial charge on any atom is 0.318 e. The van der Waals surface area contributed by atoms with Gasteiger partial charge >= 0.3 is 6.01 Å². The highest BCUT2D eigenvalue weighted by Crippen LogP contribution is 2.07. The Morgan fingerprint density at radius 3 is 2.69 bits per heavy atom. The van der Waals surface area contributed by atoms with E-state index in [1.807, 2.05) is 19.9 Å². The Balaban J connectivity index is 2.96. The number of nitriles is 1. The molecule has 0 amide bonds. The average molecular weight is 177 g/mol. The molecule has 1 aromatic rings. The molecule has 1 aromatic heterocycles. The Morgan fingerprint density at radius 1 is 1.46 bits per heavy atom. The van der Waals surface area contributed by atoms with Gasteiger partial charge in [-0.1, -0.05) is 0 Å². The van der Waals surface area contributed by atoms with Gasteiger partial charge in [-0.15, -0.1) is 0 Å². The predicted octanol–water partition coefficient (Wildman–Crippen LogP) is 1.44. The molecule has 4 heteroatoms. The van der Waals surface area contributed by atoms with Crippen molar-refractivity contribution in [3.63, 3.8) is 0 Å². The first kappa shape index (κ1) is 9.46. The molecule has 0 aromatic carbocycles. The third-order valence-electron chi connectivity index (χ3n) is 1.29. The largest absolute Gasteiger partial charge is 0.461 e. The van der Waals surface area contributed by atoms with Crippen molar-refractivity contribution in [1.82, 2.24) is 9.97 Å². The quantitative estimate of drug-likeness (QED) is 0.685. The molecule has 13 heavy (non-hydrogen) atoms. The lowest BCUT2D eigenvalue weighted by Gasteiger charge is -2.07. The molecule has 0 N–H and O–H groups in total. The van der Waals surface area contributed by atoms with Crippen molar-refractivity contribution in [1.29, 1.82) is 5.26 Å². The molecular weight excluding hydrogens is 166 g/mol. The van der Waals surface area contributed by atoms with E-state index in [9.17, 15) is 0 Å². The molecule has 1 heterocycles. The second kappa shape index (κ2) is 3.85. The first-order chi connectivity index (χ1) is 6.11. The van der Waals surface area contributed by atoms with E-state index >= 15 is 0 Å². The van der Waals surface area contributed by atoms with Crippen molar-refractivity contribution in [2.75, 3.05) is 0 Å². The summed E-state index contributed by atoms with van der Waals surface area (Å²) in [5, 5.41) is 8.62. The first-order valence-corrected chi connectivity index (χ1v) is 4.04. The number of ether oxygens (including phenoxy) is 1. The van der Waals surface area contributed by atoms with Crippen molar-refractivity contribution in [2.24, 2.45) is 0 Å². The Bertz CT molecular complexity index is 341. The Labute approximate surface area is 77.2 Å². The molecule has 0 saturated heterocycles. The van der Waals surface area contributed by atoms with Gasteiger partial charge in [-0.25, -0.2) is 4.98 Å². The van der Waals surface area contributed by atoms with Gasteiger partial charge in [0.2, 0.25) is 0 Å². The molecule has 1 rings (SSSR count). The minimum Gasteiger partial charge on any atom is -0.461 e. The predicted molar refractivity (Wildman–Crippen MR) is 47.2 cm³/mol. The number of rotatable bonds is 2. The van der Waals surface area contributed by atoms with Gasteiger partial charge in [0.15, 0.2) is 0 Å². The fourth-order valence-corrected chi connectivity index (χ4v) is 0.862. The van der Waals surface area contributed by atoms with Crippen molar-refractivity contribution in [2.45, 2.75) is 26.9 Å². The van der Waals surface area contributed by atoms with Crippen LogP contribution in [0.1, 0.15) is 25.2 Å². The van der Waals surface area contributed by atoms with Gasteiger partial charge in [0.05, 0.1) is 6.10 Å². The van der Waals surface area contributed by atoms with Gasteiger partial charge in [-0.3, -0.25) is 0 Å². The number of hydrogen-bond donors (Lipinski definition) is 0. The molecule has 0 aliphatic carbocycles. The minimum atomic E-state index is 0.0216. The lowest BCUT2D eigenvalue weighted by atomic mass is 10.3. The average Bonchev–Trinajstić information content (AvgIpc) is 2.01. The van der Waals surface area contributed by atoms with Crippen molar-refractivity contribution in [3.8, 4) is 12.1 Å². The highest BCUT2D eigenvalue weighted by atomic mass is 16.5. The summed E-state index contributed by atoms with van der Waals surface area (Å²) in [6.45, 7) is 5.57. The monoisotopic (exact) mass is 177 g/mol. The Morgan fingerprint density at radius 2 is 2.15 bits per heavy atom. The highest BCUT2D eigenvalue weighted by Gasteiger charge is 2.03. The van der Waals surface area contributed by atoms with Gasteiger partial charge < -0.3 is 4.74 Å². The van der Waals surface area contributed by atoms with Crippen LogP contribution in [0.25, 0.3) is 0 Å². The van der Waals surface area contributed by atoms with Crippen molar-refractivity contribution < 1.29 is 4.74 Å². The smallest absolute Gasteiger partial charge is 0.318 e. The fraction of sp³-hybridized carbons (Fsp3) is 0.444. The topological polar surface area (TPSA) is 58.8 Å². The number of aromatic nitrogens is 2. The van der Waals surface area contributed by atoms with E-state index < -0.39 is 0 Å². The van der Waals surface area contributed by atoms with E-state index in [1.54, 1.807) is 13.0 Å². The van der Waals surface area contributed by atoms with Crippen LogP contribution in [0.5, 0.6) is 6.01 Å². The number of hydrogen-bond acceptors (Lipinski definition) is 4. The van der Waals surface area contributed by atoms with Crippen LogP contribution < -0.4 is 4.74 Å². The van der Waals surface area contributed by atoms with Crippen LogP contribution in [0, 0.1) is 18.3 Å². The third-order valence-corrected chi connectivity index (χ3v) is 1.29. The molecule has 0 aliphatic heterocycles. The van der Waals surface area contributed by atoms with Crippen LogP contribution in [-0.2, 0) is 0 Å². The molecule has 0 aliphatic rings. The fourth-order valence-electron chi connectivity index (χ4n) is 0.862. The lowest BCUT2D eigenvalue weighted by Crippen LogP contribution is -2.09. The summed E-state index contributed by atoms with van der Waals surface area (Å²) in [7, 11) is 0. The van der Waals surface area contributed by atoms with Gasteiger partial charge in [0, 0.05) is 5.69 Å². The molecule has 0 fully saturated rings. The van der Waals surface area contributed by atoms with Crippen LogP contribution in [0.4, 0.5) is 0 Å². The van der Waals surface area contributed by atoms with Gasteiger partial charge in [-0.05, 0) is 26.8 Å². The molecular formula is C9H11N3O. The summed E-state index contributed by atoms with van der Waals surface area (Å²) in [4.78, 5) is 7.94. The zero-order chi connectivity index (χ0) is 9.84.